The summed E-state index contributed by atoms with van der Waals surface area (Å²) in [4.78, 5) is 22.4. The van der Waals surface area contributed by atoms with E-state index in [2.05, 4.69) is 5.32 Å². The Balaban J connectivity index is 2.73. The number of nitrogens with one attached hydrogen (secondary N) is 1. The van der Waals surface area contributed by atoms with Gasteiger partial charge in [0.25, 0.3) is 9.70 Å². The number of alkyl halides is 3. The molecule has 0 aromatic heterocycles. The third-order valence-electron chi connectivity index (χ3n) is 2.14. The Bertz CT molecular complexity index is 431. The number of halogens is 3. The highest BCUT2D eigenvalue weighted by Crippen LogP contribution is 2.26. The van der Waals surface area contributed by atoms with Crippen LogP contribution in [0.1, 0.15) is 5.56 Å². The van der Waals surface area contributed by atoms with Crippen molar-refractivity contribution in [3.05, 3.63) is 35.9 Å². The molecule has 4 nitrogen and oxygen atoms in total. The molecule has 0 fully saturated rings. The number of benzene rings is 1. The fraction of sp³-hybridized carbons (Fsp3) is 0.273. The van der Waals surface area contributed by atoms with Crippen molar-refractivity contribution in [2.24, 2.45) is 0 Å². The SMILES string of the molecule is O=C(O)[C@H](Cc1ccccc1)NC(=O)C(Cl)(Cl)Cl. The minimum absolute atomic E-state index is 0.114. The summed E-state index contributed by atoms with van der Waals surface area (Å²) < 4.78 is -2.18. The molecule has 0 aliphatic carbocycles. The van der Waals surface area contributed by atoms with E-state index in [1.807, 2.05) is 0 Å². The number of carboxylic acid groups (broad SMARTS) is 1. The number of hydrogen-bond donors (Lipinski definition) is 2. The molecule has 0 spiro atoms. The molecule has 98 valence electrons. The molecule has 1 rings (SSSR count). The highest BCUT2D eigenvalue weighted by Gasteiger charge is 2.33. The van der Waals surface area contributed by atoms with Crippen LogP contribution < -0.4 is 5.32 Å². The van der Waals surface area contributed by atoms with E-state index >= 15 is 0 Å². The predicted octanol–water partition coefficient (Wildman–Crippen LogP) is 2.17. The summed E-state index contributed by atoms with van der Waals surface area (Å²) in [6, 6.07) is 7.69. The Kier molecular flexibility index (Phi) is 5.26. The van der Waals surface area contributed by atoms with Gasteiger partial charge in [0.15, 0.2) is 0 Å². The molecule has 0 bridgehead atoms. The number of rotatable bonds is 4. The van der Waals surface area contributed by atoms with Crippen molar-refractivity contribution in [1.82, 2.24) is 5.32 Å². The molecule has 0 unspecified atom stereocenters. The van der Waals surface area contributed by atoms with Crippen molar-refractivity contribution in [1.29, 1.82) is 0 Å². The van der Waals surface area contributed by atoms with Gasteiger partial charge in [-0.1, -0.05) is 65.1 Å². The summed E-state index contributed by atoms with van der Waals surface area (Å²) in [5.74, 6) is -2.16. The lowest BCUT2D eigenvalue weighted by Crippen LogP contribution is -2.46. The second kappa shape index (κ2) is 6.27. The van der Waals surface area contributed by atoms with Crippen LogP contribution in [0, 0.1) is 0 Å². The molecule has 0 aliphatic rings. The summed E-state index contributed by atoms with van der Waals surface area (Å²) >= 11 is 16.1. The van der Waals surface area contributed by atoms with Crippen molar-refractivity contribution in [2.75, 3.05) is 0 Å². The highest BCUT2D eigenvalue weighted by atomic mass is 35.6. The third-order valence-corrected chi connectivity index (χ3v) is 2.66. The fourth-order valence-corrected chi connectivity index (χ4v) is 1.45. The minimum Gasteiger partial charge on any atom is -0.480 e. The monoisotopic (exact) mass is 309 g/mol. The lowest BCUT2D eigenvalue weighted by molar-refractivity contribution is -0.141. The lowest BCUT2D eigenvalue weighted by Gasteiger charge is -2.17. The van der Waals surface area contributed by atoms with Crippen LogP contribution in [0.5, 0.6) is 0 Å². The van der Waals surface area contributed by atoms with Crippen molar-refractivity contribution in [2.45, 2.75) is 16.3 Å². The second-order valence-corrected chi connectivity index (χ2v) is 5.83. The quantitative estimate of drug-likeness (QED) is 0.838. The van der Waals surface area contributed by atoms with Gasteiger partial charge < -0.3 is 10.4 Å². The van der Waals surface area contributed by atoms with E-state index < -0.39 is 21.7 Å². The maximum atomic E-state index is 11.4. The zero-order valence-corrected chi connectivity index (χ0v) is 11.3. The van der Waals surface area contributed by atoms with Crippen LogP contribution in [0.3, 0.4) is 0 Å². The van der Waals surface area contributed by atoms with Crippen molar-refractivity contribution in [3.63, 3.8) is 0 Å². The standard InChI is InChI=1S/C11H10Cl3NO3/c12-11(13,14)10(18)15-8(9(16)17)6-7-4-2-1-3-5-7/h1-5,8H,6H2,(H,15,18)(H,16,17)/t8-/m0/s1. The predicted molar refractivity (Wildman–Crippen MR) is 70.0 cm³/mol. The normalized spacial score (nSPS) is 12.8. The van der Waals surface area contributed by atoms with Gasteiger partial charge in [0.1, 0.15) is 6.04 Å². The fourth-order valence-electron chi connectivity index (χ4n) is 1.29. The van der Waals surface area contributed by atoms with Gasteiger partial charge in [0, 0.05) is 6.42 Å². The van der Waals surface area contributed by atoms with Gasteiger partial charge in [-0.15, -0.1) is 0 Å². The summed E-state index contributed by atoms with van der Waals surface area (Å²) in [6.07, 6.45) is 0.114. The number of carboxylic acids is 1. The van der Waals surface area contributed by atoms with Gasteiger partial charge in [0.05, 0.1) is 0 Å². The molecule has 0 saturated heterocycles. The topological polar surface area (TPSA) is 66.4 Å². The van der Waals surface area contributed by atoms with E-state index in [0.717, 1.165) is 5.56 Å². The van der Waals surface area contributed by atoms with Crippen LogP contribution in [0.15, 0.2) is 30.3 Å². The number of aliphatic carboxylic acids is 1. The van der Waals surface area contributed by atoms with Crippen molar-refractivity contribution >= 4 is 46.7 Å². The zero-order chi connectivity index (χ0) is 13.8. The molecule has 0 heterocycles. The van der Waals surface area contributed by atoms with E-state index in [1.165, 1.54) is 0 Å². The van der Waals surface area contributed by atoms with E-state index in [0.29, 0.717) is 0 Å². The van der Waals surface area contributed by atoms with Gasteiger partial charge in [-0.3, -0.25) is 4.79 Å². The number of amides is 1. The summed E-state index contributed by atoms with van der Waals surface area (Å²) in [5.41, 5.74) is 0.759. The first kappa shape index (κ1) is 15.1. The minimum atomic E-state index is -2.18. The molecule has 1 aromatic rings. The average Bonchev–Trinajstić information content (AvgIpc) is 2.28. The Morgan fingerprint density at radius 2 is 1.78 bits per heavy atom. The average molecular weight is 311 g/mol. The first-order valence-electron chi connectivity index (χ1n) is 4.95. The van der Waals surface area contributed by atoms with Crippen LogP contribution in [-0.4, -0.2) is 26.8 Å². The largest absolute Gasteiger partial charge is 0.480 e. The van der Waals surface area contributed by atoms with E-state index in [9.17, 15) is 9.59 Å². The van der Waals surface area contributed by atoms with Crippen LogP contribution in [0.2, 0.25) is 0 Å². The van der Waals surface area contributed by atoms with E-state index in [4.69, 9.17) is 39.9 Å². The summed E-state index contributed by atoms with van der Waals surface area (Å²) in [7, 11) is 0. The maximum absolute atomic E-state index is 11.4. The zero-order valence-electron chi connectivity index (χ0n) is 9.07. The van der Waals surface area contributed by atoms with Crippen LogP contribution in [0.25, 0.3) is 0 Å². The first-order chi connectivity index (χ1) is 8.30. The van der Waals surface area contributed by atoms with Crippen LogP contribution >= 0.6 is 34.8 Å². The Morgan fingerprint density at radius 3 is 2.22 bits per heavy atom. The van der Waals surface area contributed by atoms with Gasteiger partial charge in [-0.25, -0.2) is 4.79 Å². The number of carbonyl (C=O) groups excluding carboxylic acids is 1. The van der Waals surface area contributed by atoms with Crippen LogP contribution in [-0.2, 0) is 16.0 Å². The Morgan fingerprint density at radius 1 is 1.22 bits per heavy atom. The molecule has 1 atom stereocenters. The van der Waals surface area contributed by atoms with Gasteiger partial charge in [-0.05, 0) is 5.56 Å². The molecular weight excluding hydrogens is 300 g/mol. The van der Waals surface area contributed by atoms with E-state index in [-0.39, 0.29) is 6.42 Å². The summed E-state index contributed by atoms with van der Waals surface area (Å²) in [5, 5.41) is 11.2. The Hall–Kier alpha value is -0.970. The molecule has 1 amide bonds. The first-order valence-corrected chi connectivity index (χ1v) is 6.08. The van der Waals surface area contributed by atoms with Gasteiger partial charge in [-0.2, -0.15) is 0 Å². The van der Waals surface area contributed by atoms with Crippen molar-refractivity contribution in [3.8, 4) is 0 Å². The molecule has 2 N–H and O–H groups in total. The maximum Gasteiger partial charge on any atom is 0.326 e. The van der Waals surface area contributed by atoms with Crippen LogP contribution in [0.4, 0.5) is 0 Å². The lowest BCUT2D eigenvalue weighted by atomic mass is 10.1. The van der Waals surface area contributed by atoms with E-state index in [1.54, 1.807) is 30.3 Å². The van der Waals surface area contributed by atoms with Gasteiger partial charge >= 0.3 is 5.97 Å². The molecule has 0 aliphatic heterocycles. The summed E-state index contributed by atoms with van der Waals surface area (Å²) in [6.45, 7) is 0. The second-order valence-electron chi connectivity index (χ2n) is 3.55. The molecule has 0 radical (unpaired) electrons. The Labute approximate surface area is 119 Å². The molecule has 1 aromatic carbocycles. The van der Waals surface area contributed by atoms with Gasteiger partial charge in [0.2, 0.25) is 0 Å². The van der Waals surface area contributed by atoms with Crippen molar-refractivity contribution < 1.29 is 14.7 Å². The molecule has 0 saturated carbocycles. The highest BCUT2D eigenvalue weighted by molar-refractivity contribution is 6.76. The number of carbonyl (C=O) groups is 2. The third kappa shape index (κ3) is 4.72. The molecule has 7 heteroatoms. The number of hydrogen-bond acceptors (Lipinski definition) is 2. The molecular formula is C11H10Cl3NO3. The molecule has 18 heavy (non-hydrogen) atoms. The smallest absolute Gasteiger partial charge is 0.326 e.